The number of nitrogens with one attached hydrogen (secondary N) is 1. The number of hydrogen-bond donors (Lipinski definition) is 1. The summed E-state index contributed by atoms with van der Waals surface area (Å²) in [5, 5.41) is 5.11. The third-order valence-electron chi connectivity index (χ3n) is 4.05. The van der Waals surface area contributed by atoms with Crippen LogP contribution in [0.25, 0.3) is 0 Å². The number of ether oxygens (including phenoxy) is 2. The van der Waals surface area contributed by atoms with Crippen molar-refractivity contribution in [1.82, 2.24) is 10.2 Å². The maximum absolute atomic E-state index is 12.5. The van der Waals surface area contributed by atoms with Crippen LogP contribution >= 0.6 is 11.3 Å². The number of methoxy groups -OCH3 is 2. The lowest BCUT2D eigenvalue weighted by Gasteiger charge is -2.22. The van der Waals surface area contributed by atoms with Crippen LogP contribution in [0, 0.1) is 0 Å². The lowest BCUT2D eigenvalue weighted by Crippen LogP contribution is -2.37. The van der Waals surface area contributed by atoms with Crippen molar-refractivity contribution in [3.63, 3.8) is 0 Å². The maximum Gasteiger partial charge on any atom is 0.234 e. The molecule has 5 nitrogen and oxygen atoms in total. The van der Waals surface area contributed by atoms with Crippen LogP contribution in [-0.2, 0) is 11.3 Å². The average Bonchev–Trinajstić information content (AvgIpc) is 3.13. The Balaban J connectivity index is 1.99. The molecule has 0 bridgehead atoms. The van der Waals surface area contributed by atoms with Crippen LogP contribution in [0.15, 0.2) is 35.7 Å². The Kier molecular flexibility index (Phi) is 7.28. The predicted octanol–water partition coefficient (Wildman–Crippen LogP) is 3.46. The summed E-state index contributed by atoms with van der Waals surface area (Å²) in [6.45, 7) is 5.99. The third kappa shape index (κ3) is 5.47. The second-order valence-electron chi connectivity index (χ2n) is 5.78. The van der Waals surface area contributed by atoms with Gasteiger partial charge in [0.25, 0.3) is 0 Å². The first-order valence-corrected chi connectivity index (χ1v) is 9.21. The molecule has 0 aliphatic carbocycles. The minimum atomic E-state index is -0.169. The molecule has 1 N–H and O–H groups in total. The van der Waals surface area contributed by atoms with Gasteiger partial charge >= 0.3 is 0 Å². The van der Waals surface area contributed by atoms with Crippen molar-refractivity contribution < 1.29 is 14.3 Å². The normalized spacial score (nSPS) is 12.0. The predicted molar refractivity (Wildman–Crippen MR) is 101 cm³/mol. The van der Waals surface area contributed by atoms with Crippen molar-refractivity contribution in [3.8, 4) is 11.5 Å². The van der Waals surface area contributed by atoms with E-state index in [2.05, 4.69) is 28.6 Å². The SMILES string of the molecule is CCN(CC(=O)NC(C)c1cc(OC)ccc1OC)Cc1cccs1. The van der Waals surface area contributed by atoms with E-state index in [-0.39, 0.29) is 11.9 Å². The summed E-state index contributed by atoms with van der Waals surface area (Å²) in [4.78, 5) is 15.8. The van der Waals surface area contributed by atoms with Crippen LogP contribution in [0.3, 0.4) is 0 Å². The Bertz CT molecular complexity index is 673. The highest BCUT2D eigenvalue weighted by molar-refractivity contribution is 7.09. The van der Waals surface area contributed by atoms with Gasteiger partial charge in [0.2, 0.25) is 5.91 Å². The van der Waals surface area contributed by atoms with Crippen molar-refractivity contribution in [2.24, 2.45) is 0 Å². The number of nitrogens with zero attached hydrogens (tertiary/aromatic N) is 1. The van der Waals surface area contributed by atoms with E-state index in [4.69, 9.17) is 9.47 Å². The molecule has 0 aliphatic rings. The minimum Gasteiger partial charge on any atom is -0.497 e. The summed E-state index contributed by atoms with van der Waals surface area (Å²) in [6.07, 6.45) is 0. The highest BCUT2D eigenvalue weighted by Gasteiger charge is 2.17. The molecule has 1 heterocycles. The zero-order valence-electron chi connectivity index (χ0n) is 15.2. The Morgan fingerprint density at radius 3 is 2.68 bits per heavy atom. The van der Waals surface area contributed by atoms with E-state index in [9.17, 15) is 4.79 Å². The van der Waals surface area contributed by atoms with Gasteiger partial charge in [-0.3, -0.25) is 9.69 Å². The third-order valence-corrected chi connectivity index (χ3v) is 4.92. The molecule has 1 atom stereocenters. The highest BCUT2D eigenvalue weighted by Crippen LogP contribution is 2.29. The highest BCUT2D eigenvalue weighted by atomic mass is 32.1. The molecular formula is C19H26N2O3S. The van der Waals surface area contributed by atoms with E-state index in [1.54, 1.807) is 25.6 Å². The van der Waals surface area contributed by atoms with Gasteiger partial charge in [-0.1, -0.05) is 13.0 Å². The van der Waals surface area contributed by atoms with E-state index in [0.717, 1.165) is 30.2 Å². The largest absolute Gasteiger partial charge is 0.497 e. The number of rotatable bonds is 9. The molecule has 0 saturated heterocycles. The smallest absolute Gasteiger partial charge is 0.234 e. The van der Waals surface area contributed by atoms with E-state index in [1.165, 1.54) is 4.88 Å². The van der Waals surface area contributed by atoms with Crippen LogP contribution in [0.5, 0.6) is 11.5 Å². The fourth-order valence-corrected chi connectivity index (χ4v) is 3.39. The molecule has 0 spiro atoms. The van der Waals surface area contributed by atoms with Crippen LogP contribution in [0.2, 0.25) is 0 Å². The van der Waals surface area contributed by atoms with Crippen LogP contribution in [-0.4, -0.2) is 38.1 Å². The Morgan fingerprint density at radius 2 is 2.08 bits per heavy atom. The number of amides is 1. The molecule has 1 unspecified atom stereocenters. The average molecular weight is 362 g/mol. The Morgan fingerprint density at radius 1 is 1.28 bits per heavy atom. The van der Waals surface area contributed by atoms with Crippen molar-refractivity contribution in [2.45, 2.75) is 26.4 Å². The summed E-state index contributed by atoms with van der Waals surface area (Å²) >= 11 is 1.71. The van der Waals surface area contributed by atoms with Gasteiger partial charge in [0, 0.05) is 17.0 Å². The molecule has 25 heavy (non-hydrogen) atoms. The molecule has 0 saturated carbocycles. The Labute approximate surface area is 153 Å². The molecule has 1 aromatic carbocycles. The standard InChI is InChI=1S/C19H26N2O3S/c1-5-21(12-16-7-6-10-25-16)13-19(22)20-14(2)17-11-15(23-3)8-9-18(17)24-4/h6-11,14H,5,12-13H2,1-4H3,(H,20,22). The van der Waals surface area contributed by atoms with Gasteiger partial charge in [-0.2, -0.15) is 0 Å². The topological polar surface area (TPSA) is 50.8 Å². The molecule has 2 aromatic rings. The summed E-state index contributed by atoms with van der Waals surface area (Å²) < 4.78 is 10.7. The summed E-state index contributed by atoms with van der Waals surface area (Å²) in [5.41, 5.74) is 0.900. The number of benzene rings is 1. The lowest BCUT2D eigenvalue weighted by molar-refractivity contribution is -0.123. The second kappa shape index (κ2) is 9.44. The molecule has 0 radical (unpaired) electrons. The van der Waals surface area contributed by atoms with Gasteiger partial charge in [0.1, 0.15) is 11.5 Å². The van der Waals surface area contributed by atoms with Crippen molar-refractivity contribution in [2.75, 3.05) is 27.3 Å². The van der Waals surface area contributed by atoms with E-state index >= 15 is 0 Å². The van der Waals surface area contributed by atoms with Gasteiger partial charge < -0.3 is 14.8 Å². The first kappa shape index (κ1) is 19.3. The first-order valence-electron chi connectivity index (χ1n) is 8.33. The zero-order chi connectivity index (χ0) is 18.2. The van der Waals surface area contributed by atoms with Crippen molar-refractivity contribution in [1.29, 1.82) is 0 Å². The summed E-state index contributed by atoms with van der Waals surface area (Å²) in [6, 6.07) is 9.55. The van der Waals surface area contributed by atoms with Gasteiger partial charge in [-0.05, 0) is 43.1 Å². The van der Waals surface area contributed by atoms with Gasteiger partial charge in [-0.15, -0.1) is 11.3 Å². The number of carbonyl (C=O) groups excluding carboxylic acids is 1. The van der Waals surface area contributed by atoms with Crippen molar-refractivity contribution in [3.05, 3.63) is 46.2 Å². The fourth-order valence-electron chi connectivity index (χ4n) is 2.65. The lowest BCUT2D eigenvalue weighted by atomic mass is 10.1. The maximum atomic E-state index is 12.5. The second-order valence-corrected chi connectivity index (χ2v) is 6.81. The molecule has 1 amide bonds. The first-order chi connectivity index (χ1) is 12.1. The fraction of sp³-hybridized carbons (Fsp3) is 0.421. The molecule has 136 valence electrons. The number of carbonyl (C=O) groups is 1. The molecule has 6 heteroatoms. The quantitative estimate of drug-likeness (QED) is 0.742. The number of thiophene rings is 1. The number of likely N-dealkylation sites (N-methyl/N-ethyl adjacent to an activating group) is 1. The molecular weight excluding hydrogens is 336 g/mol. The van der Waals surface area contributed by atoms with Crippen molar-refractivity contribution >= 4 is 17.2 Å². The van der Waals surface area contributed by atoms with Crippen LogP contribution in [0.1, 0.15) is 30.3 Å². The summed E-state index contributed by atoms with van der Waals surface area (Å²) in [7, 11) is 3.25. The van der Waals surface area contributed by atoms with E-state index in [0.29, 0.717) is 6.54 Å². The molecule has 0 aliphatic heterocycles. The molecule has 0 fully saturated rings. The zero-order valence-corrected chi connectivity index (χ0v) is 16.1. The van der Waals surface area contributed by atoms with Crippen LogP contribution < -0.4 is 14.8 Å². The molecule has 1 aromatic heterocycles. The Hall–Kier alpha value is -2.05. The van der Waals surface area contributed by atoms with E-state index < -0.39 is 0 Å². The van der Waals surface area contributed by atoms with E-state index in [1.807, 2.05) is 31.2 Å². The van der Waals surface area contributed by atoms with Gasteiger partial charge in [0.15, 0.2) is 0 Å². The summed E-state index contributed by atoms with van der Waals surface area (Å²) in [5.74, 6) is 1.47. The molecule has 2 rings (SSSR count). The van der Waals surface area contributed by atoms with Gasteiger partial charge in [-0.25, -0.2) is 0 Å². The van der Waals surface area contributed by atoms with Gasteiger partial charge in [0.05, 0.1) is 26.8 Å². The van der Waals surface area contributed by atoms with Crippen LogP contribution in [0.4, 0.5) is 0 Å². The monoisotopic (exact) mass is 362 g/mol. The number of hydrogen-bond acceptors (Lipinski definition) is 5. The minimum absolute atomic E-state index is 0.00391.